The largest absolute Gasteiger partial charge is 0.388 e. The van der Waals surface area contributed by atoms with Gasteiger partial charge in [-0.3, -0.25) is 5.10 Å². The number of hydrogen-bond acceptors (Lipinski definition) is 3. The number of aliphatic hydroxyl groups is 1. The molecule has 1 aliphatic carbocycles. The van der Waals surface area contributed by atoms with E-state index >= 15 is 0 Å². The van der Waals surface area contributed by atoms with Crippen molar-refractivity contribution in [2.45, 2.75) is 58.1 Å². The summed E-state index contributed by atoms with van der Waals surface area (Å²) in [6.07, 6.45) is 6.27. The standard InChI is InChI=1S/C21H29ClN4O2/c1-21(2,19(27)16-10-14(22)11-18-17(16)12-23-25-18)13-6-8-26(9-7-13)20(28)24-15-4-3-5-15/h10-13,15,19,27H,3-9H2,1-2H3,(H,23,25)(H,24,28). The monoisotopic (exact) mass is 404 g/mol. The van der Waals surface area contributed by atoms with Gasteiger partial charge in [0.1, 0.15) is 0 Å². The number of carbonyl (C=O) groups excluding carboxylic acids is 1. The van der Waals surface area contributed by atoms with Crippen molar-refractivity contribution in [2.75, 3.05) is 13.1 Å². The number of hydrogen-bond donors (Lipinski definition) is 3. The second kappa shape index (κ2) is 7.56. The molecule has 152 valence electrons. The average Bonchev–Trinajstić information content (AvgIpc) is 3.11. The van der Waals surface area contributed by atoms with Gasteiger partial charge >= 0.3 is 6.03 Å². The molecule has 2 amide bonds. The number of halogens is 1. The molecule has 6 nitrogen and oxygen atoms in total. The van der Waals surface area contributed by atoms with Crippen molar-refractivity contribution in [3.05, 3.63) is 28.9 Å². The number of amides is 2. The molecule has 1 unspecified atom stereocenters. The van der Waals surface area contributed by atoms with Gasteiger partial charge in [-0.1, -0.05) is 25.4 Å². The number of H-pyrrole nitrogens is 1. The lowest BCUT2D eigenvalue weighted by molar-refractivity contribution is -0.0144. The lowest BCUT2D eigenvalue weighted by Crippen LogP contribution is -2.51. The van der Waals surface area contributed by atoms with Gasteiger partial charge < -0.3 is 15.3 Å². The third kappa shape index (κ3) is 3.60. The SMILES string of the molecule is CC(C)(C1CCN(C(=O)NC2CCC2)CC1)C(O)c1cc(Cl)cc2[nH]ncc12. The first-order chi connectivity index (χ1) is 13.4. The fraction of sp³-hybridized carbons (Fsp3) is 0.619. The number of nitrogens with zero attached hydrogens (tertiary/aromatic N) is 2. The van der Waals surface area contributed by atoms with Crippen LogP contribution in [0.4, 0.5) is 4.79 Å². The van der Waals surface area contributed by atoms with Crippen molar-refractivity contribution in [1.82, 2.24) is 20.4 Å². The lowest BCUT2D eigenvalue weighted by Gasteiger charge is -2.43. The Labute approximate surface area is 170 Å². The van der Waals surface area contributed by atoms with Crippen molar-refractivity contribution >= 4 is 28.5 Å². The van der Waals surface area contributed by atoms with E-state index in [1.807, 2.05) is 17.0 Å². The normalized spacial score (nSPS) is 20.2. The van der Waals surface area contributed by atoms with E-state index in [1.165, 1.54) is 6.42 Å². The quantitative estimate of drug-likeness (QED) is 0.712. The highest BCUT2D eigenvalue weighted by molar-refractivity contribution is 6.31. The molecule has 1 aromatic heterocycles. The van der Waals surface area contributed by atoms with E-state index in [1.54, 1.807) is 6.20 Å². The molecule has 28 heavy (non-hydrogen) atoms. The van der Waals surface area contributed by atoms with E-state index in [-0.39, 0.29) is 11.4 Å². The Balaban J connectivity index is 1.44. The highest BCUT2D eigenvalue weighted by Crippen LogP contribution is 2.46. The Morgan fingerprint density at radius 3 is 2.68 bits per heavy atom. The van der Waals surface area contributed by atoms with Crippen LogP contribution >= 0.6 is 11.6 Å². The Hall–Kier alpha value is -1.79. The van der Waals surface area contributed by atoms with Crippen LogP contribution in [0.5, 0.6) is 0 Å². The highest BCUT2D eigenvalue weighted by atomic mass is 35.5. The van der Waals surface area contributed by atoms with E-state index in [9.17, 15) is 9.90 Å². The molecule has 0 spiro atoms. The van der Waals surface area contributed by atoms with Gasteiger partial charge in [-0.05, 0) is 61.1 Å². The zero-order chi connectivity index (χ0) is 19.9. The molecule has 4 rings (SSSR count). The third-order valence-corrected chi connectivity index (χ3v) is 7.04. The number of rotatable bonds is 4. The number of likely N-dealkylation sites (tertiary alicyclic amines) is 1. The fourth-order valence-corrected chi connectivity index (χ4v) is 4.76. The van der Waals surface area contributed by atoms with E-state index in [0.29, 0.717) is 17.0 Å². The molecule has 1 saturated carbocycles. The molecule has 0 radical (unpaired) electrons. The Kier molecular flexibility index (Phi) is 5.27. The summed E-state index contributed by atoms with van der Waals surface area (Å²) < 4.78 is 0. The molecule has 2 heterocycles. The van der Waals surface area contributed by atoms with Crippen LogP contribution in [-0.2, 0) is 0 Å². The third-order valence-electron chi connectivity index (χ3n) is 6.82. The topological polar surface area (TPSA) is 81.3 Å². The van der Waals surface area contributed by atoms with Crippen LogP contribution in [0.3, 0.4) is 0 Å². The number of urea groups is 1. The predicted octanol–water partition coefficient (Wildman–Crippen LogP) is 4.25. The van der Waals surface area contributed by atoms with Crippen LogP contribution in [0.25, 0.3) is 10.9 Å². The minimum atomic E-state index is -0.661. The van der Waals surface area contributed by atoms with Gasteiger partial charge in [0.25, 0.3) is 0 Å². The zero-order valence-corrected chi connectivity index (χ0v) is 17.3. The highest BCUT2D eigenvalue weighted by Gasteiger charge is 2.40. The van der Waals surface area contributed by atoms with Crippen molar-refractivity contribution < 1.29 is 9.90 Å². The molecule has 1 aliphatic heterocycles. The van der Waals surface area contributed by atoms with Gasteiger partial charge in [-0.2, -0.15) is 5.10 Å². The van der Waals surface area contributed by atoms with Gasteiger partial charge in [0.05, 0.1) is 17.8 Å². The second-order valence-electron chi connectivity index (χ2n) is 8.89. The maximum absolute atomic E-state index is 12.4. The summed E-state index contributed by atoms with van der Waals surface area (Å²) in [6.45, 7) is 5.69. The number of nitrogens with one attached hydrogen (secondary N) is 2. The fourth-order valence-electron chi connectivity index (χ4n) is 4.54. The van der Waals surface area contributed by atoms with Crippen LogP contribution < -0.4 is 5.32 Å². The molecule has 1 saturated heterocycles. The smallest absolute Gasteiger partial charge is 0.317 e. The number of aromatic nitrogens is 2. The number of fused-ring (bicyclic) bond motifs is 1. The van der Waals surface area contributed by atoms with Gasteiger partial charge in [0.15, 0.2) is 0 Å². The molecule has 2 fully saturated rings. The minimum absolute atomic E-state index is 0.0662. The van der Waals surface area contributed by atoms with E-state index in [0.717, 1.165) is 55.2 Å². The van der Waals surface area contributed by atoms with Gasteiger partial charge in [-0.15, -0.1) is 0 Å². The Morgan fingerprint density at radius 2 is 2.04 bits per heavy atom. The van der Waals surface area contributed by atoms with E-state index in [2.05, 4.69) is 29.4 Å². The van der Waals surface area contributed by atoms with Crippen molar-refractivity contribution in [3.63, 3.8) is 0 Å². The summed E-state index contributed by atoms with van der Waals surface area (Å²) in [4.78, 5) is 14.3. The first kappa shape index (κ1) is 19.5. The Morgan fingerprint density at radius 1 is 1.32 bits per heavy atom. The first-order valence-corrected chi connectivity index (χ1v) is 10.6. The minimum Gasteiger partial charge on any atom is -0.388 e. The molecule has 2 aromatic rings. The van der Waals surface area contributed by atoms with Crippen molar-refractivity contribution in [2.24, 2.45) is 11.3 Å². The molecule has 0 bridgehead atoms. The second-order valence-corrected chi connectivity index (χ2v) is 9.33. The number of piperidine rings is 1. The van der Waals surface area contributed by atoms with Crippen LogP contribution in [0.2, 0.25) is 5.02 Å². The van der Waals surface area contributed by atoms with Gasteiger partial charge in [0, 0.05) is 29.5 Å². The lowest BCUT2D eigenvalue weighted by atomic mass is 9.68. The summed E-state index contributed by atoms with van der Waals surface area (Å²) in [6, 6.07) is 4.10. The summed E-state index contributed by atoms with van der Waals surface area (Å²) in [5, 5.41) is 22.9. The number of carbonyl (C=O) groups is 1. The number of aromatic amines is 1. The molecule has 2 aliphatic rings. The summed E-state index contributed by atoms with van der Waals surface area (Å²) in [5.41, 5.74) is 1.30. The molecule has 1 atom stereocenters. The van der Waals surface area contributed by atoms with E-state index < -0.39 is 6.10 Å². The van der Waals surface area contributed by atoms with Crippen LogP contribution in [0, 0.1) is 11.3 Å². The van der Waals surface area contributed by atoms with Crippen molar-refractivity contribution in [1.29, 1.82) is 0 Å². The molecular weight excluding hydrogens is 376 g/mol. The molecule has 1 aromatic carbocycles. The van der Waals surface area contributed by atoms with Crippen LogP contribution in [0.15, 0.2) is 18.3 Å². The maximum atomic E-state index is 12.4. The average molecular weight is 405 g/mol. The molecular formula is C21H29ClN4O2. The summed E-state index contributed by atoms with van der Waals surface area (Å²) in [5.74, 6) is 0.316. The summed E-state index contributed by atoms with van der Waals surface area (Å²) >= 11 is 6.26. The van der Waals surface area contributed by atoms with Crippen LogP contribution in [-0.4, -0.2) is 45.4 Å². The molecule has 7 heteroatoms. The summed E-state index contributed by atoms with van der Waals surface area (Å²) in [7, 11) is 0. The number of benzene rings is 1. The number of aliphatic hydroxyl groups excluding tert-OH is 1. The zero-order valence-electron chi connectivity index (χ0n) is 16.5. The van der Waals surface area contributed by atoms with Crippen LogP contribution in [0.1, 0.15) is 57.6 Å². The maximum Gasteiger partial charge on any atom is 0.317 e. The van der Waals surface area contributed by atoms with Gasteiger partial charge in [0.2, 0.25) is 0 Å². The first-order valence-electron chi connectivity index (χ1n) is 10.2. The Bertz CT molecular complexity index is 853. The van der Waals surface area contributed by atoms with Gasteiger partial charge in [-0.25, -0.2) is 4.79 Å². The van der Waals surface area contributed by atoms with E-state index in [4.69, 9.17) is 11.6 Å². The van der Waals surface area contributed by atoms with Crippen molar-refractivity contribution in [3.8, 4) is 0 Å². The molecule has 3 N–H and O–H groups in total. The predicted molar refractivity (Wildman–Crippen MR) is 110 cm³/mol.